The normalized spacial score (nSPS) is 54.0. The molecule has 5 nitrogen and oxygen atoms in total. The maximum atomic E-state index is 11.9. The molecule has 0 spiro atoms. The Balaban J connectivity index is 2.00. The van der Waals surface area contributed by atoms with Crippen LogP contribution < -0.4 is 0 Å². The standard InChI is InChI=1S/C20H30O5/c1-5-17(4)10-7-12-13(14(17)21)15(22)19(23)20(24)16(2,3)8-6-9-18(12,20)11-25-19/h5,14-15,21-24H,1,6-11H2,2-4H3/t14-,15+,17+,18+,19+,20-/m1/s1. The number of rotatable bonds is 1. The zero-order chi connectivity index (χ0) is 18.5. The Morgan fingerprint density at radius 2 is 1.76 bits per heavy atom. The molecule has 0 aromatic carbocycles. The van der Waals surface area contributed by atoms with Crippen LogP contribution in [0.4, 0.5) is 0 Å². The highest BCUT2D eigenvalue weighted by Gasteiger charge is 2.81. The quantitative estimate of drug-likeness (QED) is 0.540. The summed E-state index contributed by atoms with van der Waals surface area (Å²) in [6, 6.07) is 0. The minimum Gasteiger partial charge on any atom is -0.388 e. The van der Waals surface area contributed by atoms with Crippen molar-refractivity contribution < 1.29 is 25.2 Å². The molecule has 5 heteroatoms. The van der Waals surface area contributed by atoms with Gasteiger partial charge in [0, 0.05) is 10.8 Å². The summed E-state index contributed by atoms with van der Waals surface area (Å²) in [7, 11) is 0. The molecule has 6 atom stereocenters. The lowest BCUT2D eigenvalue weighted by atomic mass is 9.43. The van der Waals surface area contributed by atoms with Crippen molar-refractivity contribution in [3.05, 3.63) is 23.8 Å². The van der Waals surface area contributed by atoms with Gasteiger partial charge in [-0.3, -0.25) is 0 Å². The Hall–Kier alpha value is -0.720. The fourth-order valence-corrected chi connectivity index (χ4v) is 6.37. The van der Waals surface area contributed by atoms with Crippen molar-refractivity contribution in [1.29, 1.82) is 0 Å². The number of hydrogen-bond donors (Lipinski definition) is 4. The molecule has 2 fully saturated rings. The van der Waals surface area contributed by atoms with Gasteiger partial charge in [0.1, 0.15) is 11.7 Å². The van der Waals surface area contributed by atoms with Crippen LogP contribution >= 0.6 is 0 Å². The first-order chi connectivity index (χ1) is 11.5. The maximum absolute atomic E-state index is 11.9. The Morgan fingerprint density at radius 1 is 1.08 bits per heavy atom. The van der Waals surface area contributed by atoms with E-state index >= 15 is 0 Å². The number of hydrogen-bond acceptors (Lipinski definition) is 5. The molecule has 0 radical (unpaired) electrons. The molecule has 0 aromatic heterocycles. The molecule has 1 heterocycles. The van der Waals surface area contributed by atoms with Gasteiger partial charge in [0.05, 0.1) is 12.7 Å². The first-order valence-corrected chi connectivity index (χ1v) is 9.33. The maximum Gasteiger partial charge on any atom is 0.227 e. The highest BCUT2D eigenvalue weighted by molar-refractivity contribution is 5.47. The summed E-state index contributed by atoms with van der Waals surface area (Å²) in [4.78, 5) is 0. The van der Waals surface area contributed by atoms with Crippen molar-refractivity contribution in [1.82, 2.24) is 0 Å². The van der Waals surface area contributed by atoms with E-state index in [1.165, 1.54) is 0 Å². The van der Waals surface area contributed by atoms with Crippen LogP contribution in [-0.4, -0.2) is 50.6 Å². The van der Waals surface area contributed by atoms with Crippen LogP contribution in [-0.2, 0) is 4.74 Å². The van der Waals surface area contributed by atoms with Crippen LogP contribution in [0.15, 0.2) is 23.8 Å². The third kappa shape index (κ3) is 1.64. The molecule has 0 aromatic rings. The molecule has 1 saturated heterocycles. The number of aliphatic hydroxyl groups excluding tert-OH is 2. The topological polar surface area (TPSA) is 90.2 Å². The van der Waals surface area contributed by atoms with Crippen LogP contribution in [0.1, 0.15) is 52.9 Å². The van der Waals surface area contributed by atoms with Gasteiger partial charge in [-0.15, -0.1) is 6.58 Å². The highest BCUT2D eigenvalue weighted by Crippen LogP contribution is 2.71. The van der Waals surface area contributed by atoms with E-state index in [2.05, 4.69) is 6.58 Å². The predicted molar refractivity (Wildman–Crippen MR) is 92.5 cm³/mol. The van der Waals surface area contributed by atoms with E-state index in [1.807, 2.05) is 20.8 Å². The largest absolute Gasteiger partial charge is 0.388 e. The summed E-state index contributed by atoms with van der Waals surface area (Å²) in [6.45, 7) is 9.81. The van der Waals surface area contributed by atoms with Crippen molar-refractivity contribution in [3.8, 4) is 0 Å². The molecule has 4 aliphatic rings. The highest BCUT2D eigenvalue weighted by atomic mass is 16.7. The summed E-state index contributed by atoms with van der Waals surface area (Å²) in [6.07, 6.45) is 3.04. The van der Waals surface area contributed by atoms with Crippen molar-refractivity contribution in [2.75, 3.05) is 6.61 Å². The molecule has 0 unspecified atom stereocenters. The third-order valence-electron chi connectivity index (χ3n) is 8.02. The number of ether oxygens (including phenoxy) is 1. The summed E-state index contributed by atoms with van der Waals surface area (Å²) < 4.78 is 5.77. The molecule has 0 amide bonds. The van der Waals surface area contributed by atoms with E-state index in [4.69, 9.17) is 4.74 Å². The second-order valence-electron chi connectivity index (χ2n) is 9.46. The summed E-state index contributed by atoms with van der Waals surface area (Å²) in [5.74, 6) is -2.10. The lowest BCUT2D eigenvalue weighted by Gasteiger charge is -2.64. The van der Waals surface area contributed by atoms with E-state index in [0.29, 0.717) is 24.8 Å². The van der Waals surface area contributed by atoms with Gasteiger partial charge in [-0.05, 0) is 36.7 Å². The molecule has 2 bridgehead atoms. The van der Waals surface area contributed by atoms with Gasteiger partial charge >= 0.3 is 0 Å². The molecular formula is C20H30O5. The van der Waals surface area contributed by atoms with E-state index in [-0.39, 0.29) is 6.61 Å². The van der Waals surface area contributed by atoms with Crippen molar-refractivity contribution in [2.24, 2.45) is 16.2 Å². The predicted octanol–water partition coefficient (Wildman–Crippen LogP) is 1.65. The number of aliphatic hydroxyl groups is 4. The van der Waals surface area contributed by atoms with Gasteiger partial charge < -0.3 is 25.2 Å². The Morgan fingerprint density at radius 3 is 2.40 bits per heavy atom. The SMILES string of the molecule is C=C[C@@]1(C)CCC2=C([C@H]1O)[C@H](O)[C@]1(O)OC[C@@]23CCCC(C)(C)[C@@]31O. The first-order valence-electron chi connectivity index (χ1n) is 9.33. The molecule has 1 aliphatic heterocycles. The molecule has 4 rings (SSSR count). The van der Waals surface area contributed by atoms with Crippen molar-refractivity contribution >= 4 is 0 Å². The van der Waals surface area contributed by atoms with Gasteiger partial charge in [0.25, 0.3) is 0 Å². The molecule has 1 saturated carbocycles. The zero-order valence-corrected chi connectivity index (χ0v) is 15.4. The monoisotopic (exact) mass is 350 g/mol. The van der Waals surface area contributed by atoms with E-state index in [1.54, 1.807) is 6.08 Å². The van der Waals surface area contributed by atoms with Gasteiger partial charge in [0.2, 0.25) is 5.79 Å². The van der Waals surface area contributed by atoms with Crippen molar-refractivity contribution in [3.63, 3.8) is 0 Å². The van der Waals surface area contributed by atoms with E-state index in [0.717, 1.165) is 18.4 Å². The molecule has 140 valence electrons. The third-order valence-corrected chi connectivity index (χ3v) is 8.02. The molecular weight excluding hydrogens is 320 g/mol. The average molecular weight is 350 g/mol. The average Bonchev–Trinajstić information content (AvgIpc) is 2.76. The summed E-state index contributed by atoms with van der Waals surface area (Å²) >= 11 is 0. The molecule has 25 heavy (non-hydrogen) atoms. The van der Waals surface area contributed by atoms with Crippen LogP contribution in [0.3, 0.4) is 0 Å². The minimum absolute atomic E-state index is 0.177. The van der Waals surface area contributed by atoms with Gasteiger partial charge in [-0.2, -0.15) is 0 Å². The lowest BCUT2D eigenvalue weighted by molar-refractivity contribution is -0.339. The van der Waals surface area contributed by atoms with Gasteiger partial charge in [0.15, 0.2) is 0 Å². The smallest absolute Gasteiger partial charge is 0.227 e. The van der Waals surface area contributed by atoms with Crippen LogP contribution in [0.5, 0.6) is 0 Å². The van der Waals surface area contributed by atoms with Crippen LogP contribution in [0.2, 0.25) is 0 Å². The van der Waals surface area contributed by atoms with Gasteiger partial charge in [-0.1, -0.05) is 38.8 Å². The second kappa shape index (κ2) is 4.76. The van der Waals surface area contributed by atoms with Crippen LogP contribution in [0.25, 0.3) is 0 Å². The van der Waals surface area contributed by atoms with E-state index < -0.39 is 39.8 Å². The molecule has 4 N–H and O–H groups in total. The fraction of sp³-hybridized carbons (Fsp3) is 0.800. The Labute approximate surface area is 149 Å². The van der Waals surface area contributed by atoms with Crippen molar-refractivity contribution in [2.45, 2.75) is 76.5 Å². The Kier molecular flexibility index (Phi) is 3.37. The fourth-order valence-electron chi connectivity index (χ4n) is 6.37. The second-order valence-corrected chi connectivity index (χ2v) is 9.46. The van der Waals surface area contributed by atoms with E-state index in [9.17, 15) is 20.4 Å². The zero-order valence-electron chi connectivity index (χ0n) is 15.4. The summed E-state index contributed by atoms with van der Waals surface area (Å²) in [5.41, 5.74) is -2.17. The summed E-state index contributed by atoms with van der Waals surface area (Å²) in [5, 5.41) is 45.4. The molecule has 3 aliphatic carbocycles. The first kappa shape index (κ1) is 17.7. The Bertz CT molecular complexity index is 669. The minimum atomic E-state index is -2.10. The van der Waals surface area contributed by atoms with Gasteiger partial charge in [-0.25, -0.2) is 0 Å². The van der Waals surface area contributed by atoms with Crippen LogP contribution in [0, 0.1) is 16.2 Å². The lowest BCUT2D eigenvalue weighted by Crippen LogP contribution is -2.75.